The number of carbonyl (C=O) groups excluding carboxylic acids is 2. The molecule has 2 heterocycles. The molecule has 6 nitrogen and oxygen atoms in total. The topological polar surface area (TPSA) is 65.3 Å². The lowest BCUT2D eigenvalue weighted by Gasteiger charge is -2.20. The van der Waals surface area contributed by atoms with Gasteiger partial charge in [0.25, 0.3) is 11.8 Å². The monoisotopic (exact) mass is 356 g/mol. The average molecular weight is 356 g/mol. The zero-order chi connectivity index (χ0) is 17.6. The number of anilines is 2. The Labute approximate surface area is 147 Å². The molecule has 0 spiro atoms. The highest BCUT2D eigenvalue weighted by molar-refractivity contribution is 7.98. The van der Waals surface area contributed by atoms with E-state index in [2.05, 4.69) is 10.3 Å². The molecule has 0 saturated carbocycles. The van der Waals surface area contributed by atoms with Crippen LogP contribution < -0.4 is 9.91 Å². The second kappa shape index (κ2) is 5.96. The van der Waals surface area contributed by atoms with Crippen LogP contribution in [-0.2, 0) is 9.59 Å². The van der Waals surface area contributed by atoms with Crippen LogP contribution in [0.4, 0.5) is 15.8 Å². The van der Waals surface area contributed by atoms with Crippen LogP contribution in [0, 0.1) is 5.82 Å². The molecule has 0 aromatic heterocycles. The lowest BCUT2D eigenvalue weighted by Crippen LogP contribution is -2.39. The van der Waals surface area contributed by atoms with Gasteiger partial charge in [-0.3, -0.25) is 9.59 Å². The zero-order valence-corrected chi connectivity index (χ0v) is 14.0. The first-order chi connectivity index (χ1) is 12.1. The summed E-state index contributed by atoms with van der Waals surface area (Å²) in [6, 6.07) is 11.1. The van der Waals surface area contributed by atoms with Gasteiger partial charge < -0.3 is 0 Å². The Morgan fingerprint density at radius 2 is 1.80 bits per heavy atom. The summed E-state index contributed by atoms with van der Waals surface area (Å²) in [6.45, 7) is 0. The summed E-state index contributed by atoms with van der Waals surface area (Å²) >= 11 is 1.53. The van der Waals surface area contributed by atoms with Gasteiger partial charge in [-0.1, -0.05) is 11.3 Å². The van der Waals surface area contributed by atoms with Gasteiger partial charge in [-0.15, -0.1) is 11.8 Å². The van der Waals surface area contributed by atoms with Crippen molar-refractivity contribution in [2.45, 2.75) is 17.0 Å². The third-order valence-corrected chi connectivity index (χ3v) is 4.91. The average Bonchev–Trinajstić information content (AvgIpc) is 3.16. The first kappa shape index (κ1) is 15.8. The molecule has 2 atom stereocenters. The van der Waals surface area contributed by atoms with Crippen LogP contribution in [0.1, 0.15) is 0 Å². The predicted octanol–water partition coefficient (Wildman–Crippen LogP) is 3.05. The summed E-state index contributed by atoms with van der Waals surface area (Å²) in [4.78, 5) is 27.7. The first-order valence-corrected chi connectivity index (χ1v) is 8.80. The number of thioether (sulfide) groups is 1. The highest BCUT2D eigenvalue weighted by Crippen LogP contribution is 2.35. The minimum absolute atomic E-state index is 0.387. The summed E-state index contributed by atoms with van der Waals surface area (Å²) in [5.41, 5.74) is 1.03. The van der Waals surface area contributed by atoms with Crippen molar-refractivity contribution in [1.29, 1.82) is 0 Å². The van der Waals surface area contributed by atoms with Gasteiger partial charge in [-0.05, 0) is 48.7 Å². The molecule has 2 amide bonds. The van der Waals surface area contributed by atoms with E-state index in [1.165, 1.54) is 41.0 Å². The molecule has 1 fully saturated rings. The Bertz CT molecular complexity index is 886. The summed E-state index contributed by atoms with van der Waals surface area (Å²) < 4.78 is 13.1. The third-order valence-electron chi connectivity index (χ3n) is 4.18. The van der Waals surface area contributed by atoms with Crippen molar-refractivity contribution in [3.8, 4) is 0 Å². The Hall–Kier alpha value is -2.74. The molecule has 8 heteroatoms. The fraction of sp³-hybridized carbons (Fsp3) is 0.176. The quantitative estimate of drug-likeness (QED) is 0.626. The fourth-order valence-electron chi connectivity index (χ4n) is 2.97. The summed E-state index contributed by atoms with van der Waals surface area (Å²) in [5.74, 6) is -1.18. The van der Waals surface area contributed by atoms with Gasteiger partial charge in [0.2, 0.25) is 0 Å². The Kier molecular flexibility index (Phi) is 3.76. The van der Waals surface area contributed by atoms with E-state index >= 15 is 0 Å². The molecule has 2 aliphatic heterocycles. The SMILES string of the molecule is CSc1cccc(N2C(=O)[C@H]3N=NN(c4ccc(F)cc4)[C@@H]3C2=O)c1. The molecule has 2 aliphatic rings. The van der Waals surface area contributed by atoms with Gasteiger partial charge >= 0.3 is 0 Å². The van der Waals surface area contributed by atoms with Crippen LogP contribution in [-0.4, -0.2) is 30.2 Å². The van der Waals surface area contributed by atoms with Crippen molar-refractivity contribution >= 4 is 35.0 Å². The van der Waals surface area contributed by atoms with Crippen molar-refractivity contribution in [2.24, 2.45) is 10.3 Å². The molecule has 0 radical (unpaired) electrons. The van der Waals surface area contributed by atoms with Crippen LogP contribution in [0.2, 0.25) is 0 Å². The lowest BCUT2D eigenvalue weighted by atomic mass is 10.1. The van der Waals surface area contributed by atoms with Gasteiger partial charge in [0.15, 0.2) is 12.1 Å². The van der Waals surface area contributed by atoms with Crippen molar-refractivity contribution in [2.75, 3.05) is 16.2 Å². The molecule has 0 aliphatic carbocycles. The van der Waals surface area contributed by atoms with E-state index in [4.69, 9.17) is 0 Å². The molecule has 0 N–H and O–H groups in total. The normalized spacial score (nSPS) is 22.0. The molecular formula is C17H13FN4O2S. The van der Waals surface area contributed by atoms with Crippen LogP contribution in [0.25, 0.3) is 0 Å². The zero-order valence-electron chi connectivity index (χ0n) is 13.2. The number of carbonyl (C=O) groups is 2. The molecule has 4 rings (SSSR count). The molecule has 0 bridgehead atoms. The fourth-order valence-corrected chi connectivity index (χ4v) is 3.42. The maximum Gasteiger partial charge on any atom is 0.263 e. The first-order valence-electron chi connectivity index (χ1n) is 7.57. The second-order valence-electron chi connectivity index (χ2n) is 5.63. The van der Waals surface area contributed by atoms with Crippen LogP contribution >= 0.6 is 11.8 Å². The van der Waals surface area contributed by atoms with E-state index in [1.807, 2.05) is 12.3 Å². The number of fused-ring (bicyclic) bond motifs is 1. The number of halogens is 1. The van der Waals surface area contributed by atoms with Gasteiger partial charge in [-0.25, -0.2) is 14.3 Å². The van der Waals surface area contributed by atoms with Gasteiger partial charge in [-0.2, -0.15) is 5.11 Å². The molecule has 2 aromatic rings. The van der Waals surface area contributed by atoms with Crippen LogP contribution in [0.15, 0.2) is 63.8 Å². The van der Waals surface area contributed by atoms with E-state index in [1.54, 1.807) is 18.2 Å². The van der Waals surface area contributed by atoms with Gasteiger partial charge in [0.05, 0.1) is 11.4 Å². The number of rotatable bonds is 3. The maximum absolute atomic E-state index is 13.1. The van der Waals surface area contributed by atoms with Crippen molar-refractivity contribution in [3.05, 3.63) is 54.3 Å². The number of nitrogens with zero attached hydrogens (tertiary/aromatic N) is 4. The molecule has 25 heavy (non-hydrogen) atoms. The van der Waals surface area contributed by atoms with E-state index < -0.39 is 18.0 Å². The number of benzene rings is 2. The molecule has 0 unspecified atom stereocenters. The third kappa shape index (κ3) is 2.49. The van der Waals surface area contributed by atoms with E-state index in [-0.39, 0.29) is 11.7 Å². The minimum atomic E-state index is -0.879. The highest BCUT2D eigenvalue weighted by Gasteiger charge is 2.55. The lowest BCUT2D eigenvalue weighted by molar-refractivity contribution is -0.121. The van der Waals surface area contributed by atoms with E-state index in [9.17, 15) is 14.0 Å². The largest absolute Gasteiger partial charge is 0.271 e. The maximum atomic E-state index is 13.1. The molecule has 126 valence electrons. The highest BCUT2D eigenvalue weighted by atomic mass is 32.2. The van der Waals surface area contributed by atoms with Crippen molar-refractivity contribution < 1.29 is 14.0 Å². The van der Waals surface area contributed by atoms with Gasteiger partial charge in [0.1, 0.15) is 5.82 Å². The van der Waals surface area contributed by atoms with E-state index in [0.29, 0.717) is 11.4 Å². The Morgan fingerprint density at radius 3 is 2.52 bits per heavy atom. The predicted molar refractivity (Wildman–Crippen MR) is 92.0 cm³/mol. The number of hydrogen-bond acceptors (Lipinski definition) is 6. The smallest absolute Gasteiger partial charge is 0.263 e. The standard InChI is InChI=1S/C17H13FN4O2S/c1-25-13-4-2-3-12(9-13)21-16(23)14-15(17(21)24)22(20-19-14)11-7-5-10(18)6-8-11/h2-9,14-15H,1H3/t14-,15-/m0/s1. The minimum Gasteiger partial charge on any atom is -0.271 e. The number of hydrogen-bond donors (Lipinski definition) is 0. The summed E-state index contributed by atoms with van der Waals surface area (Å²) in [5, 5.41) is 9.29. The van der Waals surface area contributed by atoms with E-state index in [0.717, 1.165) is 9.80 Å². The Morgan fingerprint density at radius 1 is 1.04 bits per heavy atom. The van der Waals surface area contributed by atoms with Gasteiger partial charge in [0, 0.05) is 4.90 Å². The number of imide groups is 1. The van der Waals surface area contributed by atoms with Crippen LogP contribution in [0.5, 0.6) is 0 Å². The van der Waals surface area contributed by atoms with Crippen LogP contribution in [0.3, 0.4) is 0 Å². The molecular weight excluding hydrogens is 343 g/mol. The van der Waals surface area contributed by atoms with Crippen molar-refractivity contribution in [3.63, 3.8) is 0 Å². The summed E-state index contributed by atoms with van der Waals surface area (Å²) in [7, 11) is 0. The number of amides is 2. The Balaban J connectivity index is 1.69. The van der Waals surface area contributed by atoms with Crippen molar-refractivity contribution in [1.82, 2.24) is 0 Å². The molecule has 1 saturated heterocycles. The molecule has 2 aromatic carbocycles. The second-order valence-corrected chi connectivity index (χ2v) is 6.51. The summed E-state index contributed by atoms with van der Waals surface area (Å²) in [6.07, 6.45) is 1.92.